The smallest absolute Gasteiger partial charge is 0.274 e. The lowest BCUT2D eigenvalue weighted by atomic mass is 10.1. The molecule has 1 aliphatic heterocycles. The third-order valence-electron chi connectivity index (χ3n) is 3.59. The van der Waals surface area contributed by atoms with Gasteiger partial charge < -0.3 is 15.2 Å². The first kappa shape index (κ1) is 19.4. The van der Waals surface area contributed by atoms with Crippen molar-refractivity contribution >= 4 is 40.3 Å². The number of nitrogens with zero attached hydrogens (tertiary/aromatic N) is 2. The summed E-state index contributed by atoms with van der Waals surface area (Å²) in [6, 6.07) is 7.66. The molecule has 2 N–H and O–H groups in total. The number of amides is 1. The molecule has 1 heterocycles. The Balaban J connectivity index is 1.94. The molecule has 1 amide bonds. The average molecular weight is 403 g/mol. The van der Waals surface area contributed by atoms with Crippen LogP contribution >= 0.6 is 11.8 Å². The molecule has 1 aliphatic rings. The molecule has 8 nitrogen and oxygen atoms in total. The van der Waals surface area contributed by atoms with Crippen molar-refractivity contribution in [3.63, 3.8) is 0 Å². The van der Waals surface area contributed by atoms with Gasteiger partial charge in [0.2, 0.25) is 0 Å². The number of carbonyl (C=O) groups is 1. The molecule has 2 aromatic rings. The predicted octanol–water partition coefficient (Wildman–Crippen LogP) is 3.73. The van der Waals surface area contributed by atoms with E-state index in [1.165, 1.54) is 30.3 Å². The second-order valence-corrected chi connectivity index (χ2v) is 6.56. The first-order valence-electron chi connectivity index (χ1n) is 8.06. The molecule has 0 bridgehead atoms. The van der Waals surface area contributed by atoms with Crippen LogP contribution in [0.1, 0.15) is 12.5 Å². The molecule has 0 radical (unpaired) electrons. The number of rotatable bonds is 5. The number of hydrogen-bond acceptors (Lipinski definition) is 7. The van der Waals surface area contributed by atoms with E-state index in [1.54, 1.807) is 6.92 Å². The van der Waals surface area contributed by atoms with Gasteiger partial charge in [0.25, 0.3) is 11.6 Å². The van der Waals surface area contributed by atoms with Crippen LogP contribution in [0, 0.1) is 15.9 Å². The molecule has 0 aliphatic carbocycles. The van der Waals surface area contributed by atoms with Gasteiger partial charge in [-0.25, -0.2) is 9.38 Å². The summed E-state index contributed by atoms with van der Waals surface area (Å²) in [5.41, 5.74) is 0.234. The van der Waals surface area contributed by atoms with Crippen LogP contribution in [0.15, 0.2) is 46.3 Å². The lowest BCUT2D eigenvalue weighted by Gasteiger charge is -2.08. The summed E-state index contributed by atoms with van der Waals surface area (Å²) in [6.45, 7) is 1.88. The van der Waals surface area contributed by atoms with Gasteiger partial charge in [-0.1, -0.05) is 0 Å². The van der Waals surface area contributed by atoms with Gasteiger partial charge in [0.1, 0.15) is 5.82 Å². The number of carbonyl (C=O) groups excluding carboxylic acids is 1. The molecule has 0 atom stereocenters. The molecule has 144 valence electrons. The van der Waals surface area contributed by atoms with Gasteiger partial charge in [0.05, 0.1) is 28.2 Å². The Kier molecular flexibility index (Phi) is 5.59. The van der Waals surface area contributed by atoms with E-state index in [0.717, 1.165) is 23.9 Å². The third-order valence-corrected chi connectivity index (χ3v) is 4.50. The highest BCUT2D eigenvalue weighted by Crippen LogP contribution is 2.38. The summed E-state index contributed by atoms with van der Waals surface area (Å²) in [7, 11) is 0. The summed E-state index contributed by atoms with van der Waals surface area (Å²) >= 11 is 0.990. The molecule has 10 heteroatoms. The number of ether oxygens (including phenoxy) is 1. The minimum Gasteiger partial charge on any atom is -0.504 e. The van der Waals surface area contributed by atoms with E-state index in [1.807, 2.05) is 0 Å². The minimum absolute atomic E-state index is 0.0489. The molecular formula is C18H14FN3O5S. The van der Waals surface area contributed by atoms with Crippen LogP contribution in [0.3, 0.4) is 0 Å². The quantitative estimate of drug-likeness (QED) is 0.447. The van der Waals surface area contributed by atoms with Crippen molar-refractivity contribution in [1.29, 1.82) is 0 Å². The first-order valence-corrected chi connectivity index (χ1v) is 8.88. The van der Waals surface area contributed by atoms with Crippen LogP contribution in [0.5, 0.6) is 11.5 Å². The van der Waals surface area contributed by atoms with Crippen molar-refractivity contribution in [1.82, 2.24) is 5.32 Å². The number of thioether (sulfide) groups is 1. The van der Waals surface area contributed by atoms with Gasteiger partial charge in [0.15, 0.2) is 16.7 Å². The van der Waals surface area contributed by atoms with E-state index in [9.17, 15) is 24.4 Å². The van der Waals surface area contributed by atoms with Crippen molar-refractivity contribution in [2.75, 3.05) is 6.61 Å². The Hall–Kier alpha value is -3.40. The number of nitro groups is 1. The van der Waals surface area contributed by atoms with E-state index in [0.29, 0.717) is 5.69 Å². The Morgan fingerprint density at radius 2 is 2.07 bits per heavy atom. The summed E-state index contributed by atoms with van der Waals surface area (Å²) in [4.78, 5) is 27.1. The zero-order valence-electron chi connectivity index (χ0n) is 14.5. The molecule has 0 unspecified atom stereocenters. The van der Waals surface area contributed by atoms with Crippen molar-refractivity contribution in [3.8, 4) is 11.5 Å². The Labute approximate surface area is 162 Å². The Bertz CT molecular complexity index is 1010. The van der Waals surface area contributed by atoms with Crippen LogP contribution in [-0.4, -0.2) is 27.7 Å². The number of aromatic hydroxyl groups is 1. The monoisotopic (exact) mass is 403 g/mol. The van der Waals surface area contributed by atoms with Gasteiger partial charge in [-0.05, 0) is 49.0 Å². The van der Waals surface area contributed by atoms with E-state index in [2.05, 4.69) is 10.3 Å². The highest BCUT2D eigenvalue weighted by atomic mass is 32.2. The normalized spacial score (nSPS) is 16.4. The fraction of sp³-hybridized carbons (Fsp3) is 0.111. The fourth-order valence-corrected chi connectivity index (χ4v) is 3.18. The lowest BCUT2D eigenvalue weighted by Crippen LogP contribution is -2.19. The number of aliphatic imine (C=N–C) groups is 1. The Morgan fingerprint density at radius 1 is 1.36 bits per heavy atom. The largest absolute Gasteiger partial charge is 0.504 e. The maximum absolute atomic E-state index is 13.0. The van der Waals surface area contributed by atoms with Crippen molar-refractivity contribution < 1.29 is 24.0 Å². The average Bonchev–Trinajstić information content (AvgIpc) is 2.99. The van der Waals surface area contributed by atoms with E-state index < -0.39 is 16.6 Å². The van der Waals surface area contributed by atoms with Gasteiger partial charge in [-0.3, -0.25) is 14.9 Å². The topological polar surface area (TPSA) is 114 Å². The van der Waals surface area contributed by atoms with Gasteiger partial charge >= 0.3 is 0 Å². The molecule has 0 aromatic heterocycles. The number of phenolic OH excluding ortho intramolecular Hbond substituents is 1. The first-order chi connectivity index (χ1) is 13.4. The summed E-state index contributed by atoms with van der Waals surface area (Å²) < 4.78 is 18.2. The molecule has 0 saturated carbocycles. The molecule has 1 saturated heterocycles. The van der Waals surface area contributed by atoms with Crippen LogP contribution in [0.25, 0.3) is 6.08 Å². The van der Waals surface area contributed by atoms with Gasteiger partial charge in [0, 0.05) is 11.6 Å². The molecule has 3 rings (SSSR count). The van der Waals surface area contributed by atoms with E-state index in [-0.39, 0.29) is 39.4 Å². The molecule has 28 heavy (non-hydrogen) atoms. The van der Waals surface area contributed by atoms with Crippen molar-refractivity contribution in [2.45, 2.75) is 6.92 Å². The fourth-order valence-electron chi connectivity index (χ4n) is 2.35. The number of nitrogens with one attached hydrogen (secondary N) is 1. The molecule has 1 fully saturated rings. The third kappa shape index (κ3) is 4.29. The van der Waals surface area contributed by atoms with Gasteiger partial charge in [-0.2, -0.15) is 0 Å². The van der Waals surface area contributed by atoms with E-state index >= 15 is 0 Å². The highest BCUT2D eigenvalue weighted by Gasteiger charge is 2.25. The number of hydrogen-bond donors (Lipinski definition) is 2. The second-order valence-electron chi connectivity index (χ2n) is 5.53. The predicted molar refractivity (Wildman–Crippen MR) is 103 cm³/mol. The number of amidine groups is 1. The number of halogens is 1. The van der Waals surface area contributed by atoms with Crippen LogP contribution in [0.4, 0.5) is 15.8 Å². The molecule has 0 spiro atoms. The zero-order chi connectivity index (χ0) is 20.3. The van der Waals surface area contributed by atoms with Crippen molar-refractivity contribution in [2.24, 2.45) is 4.99 Å². The maximum Gasteiger partial charge on any atom is 0.274 e. The Morgan fingerprint density at radius 3 is 2.71 bits per heavy atom. The standard InChI is InChI=1S/C18H14FN3O5S/c1-2-27-14-9-13(22(25)26)7-10(16(14)23)8-15-17(24)21-18(28-15)20-12-5-3-11(19)4-6-12/h3-9,23H,2H2,1H3,(H,20,21,24)/b15-8+. The number of phenols is 1. The van der Waals surface area contributed by atoms with Crippen LogP contribution < -0.4 is 10.1 Å². The number of nitro benzene ring substituents is 1. The number of benzene rings is 2. The zero-order valence-corrected chi connectivity index (χ0v) is 15.3. The van der Waals surface area contributed by atoms with Crippen LogP contribution in [0.2, 0.25) is 0 Å². The SMILES string of the molecule is CCOc1cc([N+](=O)[O-])cc(/C=C2/SC(=Nc3ccc(F)cc3)NC2=O)c1O. The summed E-state index contributed by atoms with van der Waals surface area (Å²) in [6.07, 6.45) is 1.32. The molecule has 2 aromatic carbocycles. The van der Waals surface area contributed by atoms with Crippen molar-refractivity contribution in [3.05, 3.63) is 62.8 Å². The summed E-state index contributed by atoms with van der Waals surface area (Å²) in [5.74, 6) is -1.24. The number of non-ortho nitro benzene ring substituents is 1. The molecular weight excluding hydrogens is 389 g/mol. The second kappa shape index (κ2) is 8.09. The van der Waals surface area contributed by atoms with E-state index in [4.69, 9.17) is 4.74 Å². The lowest BCUT2D eigenvalue weighted by molar-refractivity contribution is -0.385. The minimum atomic E-state index is -0.618. The maximum atomic E-state index is 13.0. The summed E-state index contributed by atoms with van der Waals surface area (Å²) in [5, 5.41) is 24.2. The highest BCUT2D eigenvalue weighted by molar-refractivity contribution is 8.18. The van der Waals surface area contributed by atoms with Gasteiger partial charge in [-0.15, -0.1) is 0 Å². The van der Waals surface area contributed by atoms with Crippen LogP contribution in [-0.2, 0) is 4.79 Å².